The van der Waals surface area contributed by atoms with Gasteiger partial charge in [-0.1, -0.05) is 54.1 Å². The van der Waals surface area contributed by atoms with Crippen molar-refractivity contribution >= 4 is 28.8 Å². The topological polar surface area (TPSA) is 45.2 Å². The maximum absolute atomic E-state index is 12.3. The summed E-state index contributed by atoms with van der Waals surface area (Å²) in [6.07, 6.45) is 3.33. The Kier molecular flexibility index (Phi) is 7.16. The molecule has 0 spiro atoms. The first-order chi connectivity index (χ1) is 14.7. The van der Waals surface area contributed by atoms with E-state index in [1.165, 1.54) is 5.56 Å². The Balaban J connectivity index is 1.20. The van der Waals surface area contributed by atoms with Crippen molar-refractivity contribution in [3.8, 4) is 10.6 Å². The summed E-state index contributed by atoms with van der Waals surface area (Å²) < 4.78 is 0. The third kappa shape index (κ3) is 5.91. The maximum Gasteiger partial charge on any atom is 0.220 e. The van der Waals surface area contributed by atoms with Crippen molar-refractivity contribution in [2.24, 2.45) is 0 Å². The summed E-state index contributed by atoms with van der Waals surface area (Å²) in [5.41, 5.74) is 3.42. The molecule has 2 heterocycles. The van der Waals surface area contributed by atoms with E-state index in [-0.39, 0.29) is 11.9 Å². The first kappa shape index (κ1) is 21.0. The molecule has 1 aliphatic rings. The fourth-order valence-electron chi connectivity index (χ4n) is 3.77. The minimum atomic E-state index is 0.157. The van der Waals surface area contributed by atoms with Crippen LogP contribution in [0.15, 0.2) is 60.0 Å². The summed E-state index contributed by atoms with van der Waals surface area (Å²) in [5, 5.41) is 7.13. The molecule has 6 heteroatoms. The number of piperidine rings is 1. The van der Waals surface area contributed by atoms with Gasteiger partial charge in [0, 0.05) is 48.1 Å². The number of rotatable bonds is 7. The Morgan fingerprint density at radius 1 is 1.10 bits per heavy atom. The van der Waals surface area contributed by atoms with Crippen molar-refractivity contribution in [3.63, 3.8) is 0 Å². The molecule has 0 atom stereocenters. The average Bonchev–Trinajstić information content (AvgIpc) is 3.23. The number of amides is 1. The normalized spacial score (nSPS) is 15.2. The summed E-state index contributed by atoms with van der Waals surface area (Å²) in [5.74, 6) is 0.157. The largest absolute Gasteiger partial charge is 0.353 e. The van der Waals surface area contributed by atoms with Crippen LogP contribution >= 0.6 is 22.9 Å². The molecule has 3 aromatic rings. The van der Waals surface area contributed by atoms with Gasteiger partial charge >= 0.3 is 0 Å². The van der Waals surface area contributed by atoms with Gasteiger partial charge in [0.1, 0.15) is 5.01 Å². The highest BCUT2D eigenvalue weighted by Gasteiger charge is 2.21. The van der Waals surface area contributed by atoms with Gasteiger partial charge in [0.2, 0.25) is 5.91 Å². The smallest absolute Gasteiger partial charge is 0.220 e. The van der Waals surface area contributed by atoms with Crippen LogP contribution in [0.3, 0.4) is 0 Å². The van der Waals surface area contributed by atoms with Gasteiger partial charge < -0.3 is 5.32 Å². The summed E-state index contributed by atoms with van der Waals surface area (Å²) in [6.45, 7) is 2.83. The second kappa shape index (κ2) is 10.2. The lowest BCUT2D eigenvalue weighted by atomic mass is 10.0. The van der Waals surface area contributed by atoms with Crippen LogP contribution in [0.25, 0.3) is 10.6 Å². The zero-order valence-corrected chi connectivity index (χ0v) is 18.5. The molecule has 4 rings (SSSR count). The minimum absolute atomic E-state index is 0.157. The molecular weight excluding hydrogens is 414 g/mol. The van der Waals surface area contributed by atoms with E-state index in [0.29, 0.717) is 6.42 Å². The number of carbonyl (C=O) groups is 1. The van der Waals surface area contributed by atoms with Crippen molar-refractivity contribution in [1.29, 1.82) is 0 Å². The number of nitrogens with one attached hydrogen (secondary N) is 1. The van der Waals surface area contributed by atoms with Crippen molar-refractivity contribution in [2.75, 3.05) is 13.1 Å². The predicted octanol–water partition coefficient (Wildman–Crippen LogP) is 5.18. The van der Waals surface area contributed by atoms with Crippen LogP contribution in [0.4, 0.5) is 0 Å². The zero-order chi connectivity index (χ0) is 20.8. The molecule has 2 aromatic carbocycles. The molecule has 0 radical (unpaired) electrons. The van der Waals surface area contributed by atoms with E-state index in [1.807, 2.05) is 42.5 Å². The highest BCUT2D eigenvalue weighted by Crippen LogP contribution is 2.26. The molecule has 4 nitrogen and oxygen atoms in total. The van der Waals surface area contributed by atoms with Crippen LogP contribution in [0.1, 0.15) is 30.5 Å². The van der Waals surface area contributed by atoms with Crippen molar-refractivity contribution < 1.29 is 4.79 Å². The Morgan fingerprint density at radius 2 is 1.83 bits per heavy atom. The molecule has 0 aliphatic carbocycles. The SMILES string of the molecule is O=C(CCc1ccccc1)NC1CCN(Cc2csc(-c3ccc(Cl)cc3)n2)CC1. The van der Waals surface area contributed by atoms with Gasteiger partial charge in [-0.2, -0.15) is 0 Å². The van der Waals surface area contributed by atoms with E-state index in [2.05, 4.69) is 27.7 Å². The van der Waals surface area contributed by atoms with Gasteiger partial charge in [0.05, 0.1) is 5.69 Å². The number of likely N-dealkylation sites (tertiary alicyclic amines) is 1. The van der Waals surface area contributed by atoms with Gasteiger partial charge in [-0.25, -0.2) is 4.98 Å². The Bertz CT molecular complexity index is 950. The fourth-order valence-corrected chi connectivity index (χ4v) is 4.71. The lowest BCUT2D eigenvalue weighted by Crippen LogP contribution is -2.44. The standard InChI is InChI=1S/C24H26ClN3OS/c25-20-9-7-19(8-10-20)24-27-22(17-30-24)16-28-14-12-21(13-15-28)26-23(29)11-6-18-4-2-1-3-5-18/h1-5,7-10,17,21H,6,11-16H2,(H,26,29). The molecule has 1 aromatic heterocycles. The van der Waals surface area contributed by atoms with E-state index in [4.69, 9.17) is 16.6 Å². The molecule has 1 N–H and O–H groups in total. The first-order valence-electron chi connectivity index (χ1n) is 10.4. The molecule has 1 aliphatic heterocycles. The molecular formula is C24H26ClN3OS. The number of aromatic nitrogens is 1. The maximum atomic E-state index is 12.3. The lowest BCUT2D eigenvalue weighted by molar-refractivity contribution is -0.122. The zero-order valence-electron chi connectivity index (χ0n) is 16.9. The predicted molar refractivity (Wildman–Crippen MR) is 124 cm³/mol. The van der Waals surface area contributed by atoms with Crippen LogP contribution in [0.2, 0.25) is 5.02 Å². The van der Waals surface area contributed by atoms with Crippen LogP contribution in [0.5, 0.6) is 0 Å². The monoisotopic (exact) mass is 439 g/mol. The fraction of sp³-hybridized carbons (Fsp3) is 0.333. The van der Waals surface area contributed by atoms with Crippen LogP contribution in [0, 0.1) is 0 Å². The number of nitrogens with zero attached hydrogens (tertiary/aromatic N) is 2. The molecule has 1 saturated heterocycles. The minimum Gasteiger partial charge on any atom is -0.353 e. The van der Waals surface area contributed by atoms with E-state index in [9.17, 15) is 4.79 Å². The second-order valence-electron chi connectivity index (χ2n) is 7.75. The molecule has 30 heavy (non-hydrogen) atoms. The van der Waals surface area contributed by atoms with Crippen molar-refractivity contribution in [2.45, 2.75) is 38.3 Å². The number of hydrogen-bond donors (Lipinski definition) is 1. The number of hydrogen-bond acceptors (Lipinski definition) is 4. The van der Waals surface area contributed by atoms with Gasteiger partial charge in [-0.15, -0.1) is 11.3 Å². The molecule has 0 unspecified atom stereocenters. The van der Waals surface area contributed by atoms with Gasteiger partial charge in [-0.05, 0) is 37.0 Å². The number of benzene rings is 2. The number of carbonyl (C=O) groups excluding carboxylic acids is 1. The molecule has 1 fully saturated rings. The summed E-state index contributed by atoms with van der Waals surface area (Å²) >= 11 is 7.64. The Labute approximate surface area is 186 Å². The lowest BCUT2D eigenvalue weighted by Gasteiger charge is -2.31. The summed E-state index contributed by atoms with van der Waals surface area (Å²) in [7, 11) is 0. The highest BCUT2D eigenvalue weighted by atomic mass is 35.5. The van der Waals surface area contributed by atoms with Crippen LogP contribution in [-0.2, 0) is 17.8 Å². The third-order valence-corrected chi connectivity index (χ3v) is 6.66. The van der Waals surface area contributed by atoms with Crippen LogP contribution in [-0.4, -0.2) is 34.9 Å². The average molecular weight is 440 g/mol. The Hall–Kier alpha value is -2.21. The van der Waals surface area contributed by atoms with E-state index in [0.717, 1.165) is 60.2 Å². The van der Waals surface area contributed by atoms with Gasteiger partial charge in [0.15, 0.2) is 0 Å². The summed E-state index contributed by atoms with van der Waals surface area (Å²) in [4.78, 5) is 19.5. The van der Waals surface area contributed by atoms with E-state index >= 15 is 0 Å². The number of aryl methyl sites for hydroxylation is 1. The molecule has 0 saturated carbocycles. The van der Waals surface area contributed by atoms with Crippen molar-refractivity contribution in [3.05, 3.63) is 76.3 Å². The molecule has 0 bridgehead atoms. The molecule has 1 amide bonds. The number of halogens is 1. The first-order valence-corrected chi connectivity index (χ1v) is 11.7. The van der Waals surface area contributed by atoms with Crippen molar-refractivity contribution in [1.82, 2.24) is 15.2 Å². The summed E-state index contributed by atoms with van der Waals surface area (Å²) in [6, 6.07) is 18.3. The Morgan fingerprint density at radius 3 is 2.57 bits per heavy atom. The van der Waals surface area contributed by atoms with Gasteiger partial charge in [-0.3, -0.25) is 9.69 Å². The van der Waals surface area contributed by atoms with E-state index in [1.54, 1.807) is 11.3 Å². The van der Waals surface area contributed by atoms with Gasteiger partial charge in [0.25, 0.3) is 0 Å². The second-order valence-corrected chi connectivity index (χ2v) is 9.05. The quantitative estimate of drug-likeness (QED) is 0.551. The number of thiazole rings is 1. The van der Waals surface area contributed by atoms with E-state index < -0.39 is 0 Å². The van der Waals surface area contributed by atoms with Crippen LogP contribution < -0.4 is 5.32 Å². The highest BCUT2D eigenvalue weighted by molar-refractivity contribution is 7.13. The molecule has 156 valence electrons. The third-order valence-electron chi connectivity index (χ3n) is 5.46.